The zero-order chi connectivity index (χ0) is 35.1. The first kappa shape index (κ1) is 35.2. The minimum absolute atomic E-state index is 0.0470. The molecule has 0 saturated heterocycles. The molecule has 2 heterocycles. The molecule has 0 unspecified atom stereocenters. The van der Waals surface area contributed by atoms with Gasteiger partial charge in [-0.3, -0.25) is 9.59 Å². The smallest absolute Gasteiger partial charge is 0.279 e. The molecule has 49 heavy (non-hydrogen) atoms. The molecule has 0 bridgehead atoms. The van der Waals surface area contributed by atoms with Gasteiger partial charge in [0.1, 0.15) is 5.82 Å². The molecule has 1 saturated carbocycles. The van der Waals surface area contributed by atoms with E-state index in [1.807, 2.05) is 75.5 Å². The van der Waals surface area contributed by atoms with E-state index in [0.29, 0.717) is 40.1 Å². The maximum Gasteiger partial charge on any atom is 0.279 e. The van der Waals surface area contributed by atoms with Crippen LogP contribution in [-0.4, -0.2) is 65.3 Å². The number of carbonyl (C=O) groups is 2. The lowest BCUT2D eigenvalue weighted by Crippen LogP contribution is -2.35. The highest BCUT2D eigenvalue weighted by Gasteiger charge is 2.23. The first-order valence-electron chi connectivity index (χ1n) is 16.5. The van der Waals surface area contributed by atoms with Crippen LogP contribution in [0, 0.1) is 24.2 Å². The van der Waals surface area contributed by atoms with E-state index < -0.39 is 5.91 Å². The lowest BCUT2D eigenvalue weighted by molar-refractivity contribution is -0.125. The Kier molecular flexibility index (Phi) is 11.4. The molecule has 2 aromatic heterocycles. The predicted molar refractivity (Wildman–Crippen MR) is 193 cm³/mol. The van der Waals surface area contributed by atoms with Crippen LogP contribution in [0.1, 0.15) is 79.0 Å². The van der Waals surface area contributed by atoms with Crippen molar-refractivity contribution in [1.29, 1.82) is 5.26 Å². The highest BCUT2D eigenvalue weighted by Crippen LogP contribution is 2.28. The number of carbonyl (C=O) groups excluding carboxylic acids is 2. The van der Waals surface area contributed by atoms with Crippen molar-refractivity contribution >= 4 is 51.5 Å². The second kappa shape index (κ2) is 15.9. The summed E-state index contributed by atoms with van der Waals surface area (Å²) in [5.74, 6) is 1.31. The fourth-order valence-corrected chi connectivity index (χ4v) is 7.21. The summed E-state index contributed by atoms with van der Waals surface area (Å²) in [5, 5.41) is 20.8. The number of nitrogens with zero attached hydrogens (tertiary/aromatic N) is 7. The van der Waals surface area contributed by atoms with Gasteiger partial charge in [-0.2, -0.15) is 15.2 Å². The number of hydrogen-bond donors (Lipinski definition) is 2. The highest BCUT2D eigenvalue weighted by molar-refractivity contribution is 7.11. The fourth-order valence-electron chi connectivity index (χ4n) is 6.02. The van der Waals surface area contributed by atoms with Gasteiger partial charge in [0.2, 0.25) is 5.95 Å². The van der Waals surface area contributed by atoms with Gasteiger partial charge in [-0.05, 0) is 95.7 Å². The highest BCUT2D eigenvalue weighted by atomic mass is 32.1. The average Bonchev–Trinajstić information content (AvgIpc) is 3.42. The quantitative estimate of drug-likeness (QED) is 0.154. The molecule has 0 spiro atoms. The van der Waals surface area contributed by atoms with E-state index in [1.165, 1.54) is 11.3 Å². The summed E-state index contributed by atoms with van der Waals surface area (Å²) in [5.41, 5.74) is 3.29. The van der Waals surface area contributed by atoms with Gasteiger partial charge in [-0.1, -0.05) is 28.6 Å². The van der Waals surface area contributed by atoms with E-state index in [1.54, 1.807) is 24.3 Å². The van der Waals surface area contributed by atoms with Crippen LogP contribution >= 0.6 is 11.3 Å². The Hall–Kier alpha value is -5.09. The monoisotopic (exact) mass is 681 g/mol. The average molecular weight is 682 g/mol. The molecule has 4 aromatic rings. The van der Waals surface area contributed by atoms with Crippen molar-refractivity contribution in [2.75, 3.05) is 37.5 Å². The minimum atomic E-state index is -0.392. The third-order valence-electron chi connectivity index (χ3n) is 8.56. The molecule has 2 amide bonds. The van der Waals surface area contributed by atoms with Gasteiger partial charge in [0, 0.05) is 49.4 Å². The Morgan fingerprint density at radius 2 is 1.82 bits per heavy atom. The summed E-state index contributed by atoms with van der Waals surface area (Å²) >= 11 is 1.34. The van der Waals surface area contributed by atoms with Crippen molar-refractivity contribution in [3.63, 3.8) is 0 Å². The fraction of sp³-hybridized carbons (Fsp3) is 0.417. The second-order valence-electron chi connectivity index (χ2n) is 12.8. The number of benzene rings is 2. The van der Waals surface area contributed by atoms with Crippen molar-refractivity contribution in [2.45, 2.75) is 65.5 Å². The maximum atomic E-state index is 12.9. The largest absolute Gasteiger partial charge is 0.385 e. The Bertz CT molecular complexity index is 1950. The standard InChI is InChI=1S/C36H43N9O3S/c1-22(2)45-24(4)32(49-36(45)42-34(47)27-15-11-25(19-37)12-16-27)23(3)43-48-21-31(46)38-20-26-13-17-28(18-14-26)39-35-40-30-10-8-7-9-29(30)33(41-35)44(5)6/h7-12,15-16,22,26,28H,13-14,17-18,20-21H2,1-6H3,(H,38,46)(H,39,40,41). The molecule has 5 rings (SSSR count). The van der Waals surface area contributed by atoms with Crippen molar-refractivity contribution in [1.82, 2.24) is 19.9 Å². The number of hydrogen-bond acceptors (Lipinski definition) is 10. The molecule has 2 aromatic carbocycles. The topological polar surface area (TPSA) is 150 Å². The SMILES string of the molecule is CC(=NOCC(=O)NCC1CCC(Nc2nc(N(C)C)c3ccccc3n2)CC1)c1sc(=NC(=O)c2ccc(C#N)cc2)n(C(C)C)c1C. The lowest BCUT2D eigenvalue weighted by atomic mass is 9.86. The number of aromatic nitrogens is 3. The summed E-state index contributed by atoms with van der Waals surface area (Å²) < 4.78 is 1.98. The summed E-state index contributed by atoms with van der Waals surface area (Å²) in [6.07, 6.45) is 3.91. The van der Waals surface area contributed by atoms with Gasteiger partial charge in [0.15, 0.2) is 11.4 Å². The van der Waals surface area contributed by atoms with E-state index >= 15 is 0 Å². The van der Waals surface area contributed by atoms with Gasteiger partial charge in [0.05, 0.1) is 27.7 Å². The number of rotatable bonds is 11. The molecule has 1 aliphatic rings. The Balaban J connectivity index is 1.11. The van der Waals surface area contributed by atoms with Crippen LogP contribution in [0.25, 0.3) is 10.9 Å². The summed E-state index contributed by atoms with van der Waals surface area (Å²) in [6.45, 7) is 8.19. The van der Waals surface area contributed by atoms with Crippen LogP contribution in [0.3, 0.4) is 0 Å². The van der Waals surface area contributed by atoms with E-state index in [4.69, 9.17) is 20.1 Å². The number of anilines is 2. The Morgan fingerprint density at radius 3 is 2.49 bits per heavy atom. The number of para-hydroxylation sites is 1. The molecule has 1 aliphatic carbocycles. The second-order valence-corrected chi connectivity index (χ2v) is 13.7. The van der Waals surface area contributed by atoms with E-state index in [9.17, 15) is 9.59 Å². The van der Waals surface area contributed by atoms with Crippen LogP contribution in [0.2, 0.25) is 0 Å². The molecule has 0 aliphatic heterocycles. The molecular formula is C36H43N9O3S. The zero-order valence-electron chi connectivity index (χ0n) is 28.9. The lowest BCUT2D eigenvalue weighted by Gasteiger charge is -2.29. The van der Waals surface area contributed by atoms with Crippen molar-refractivity contribution in [3.8, 4) is 6.07 Å². The summed E-state index contributed by atoms with van der Waals surface area (Å²) in [4.78, 5) is 48.2. The third-order valence-corrected chi connectivity index (χ3v) is 9.83. The van der Waals surface area contributed by atoms with Crippen LogP contribution in [0.15, 0.2) is 58.7 Å². The van der Waals surface area contributed by atoms with Crippen molar-refractivity contribution in [3.05, 3.63) is 75.0 Å². The molecule has 2 N–H and O–H groups in total. The Labute approximate surface area is 290 Å². The van der Waals surface area contributed by atoms with E-state index in [-0.39, 0.29) is 24.6 Å². The third kappa shape index (κ3) is 8.69. The molecular weight excluding hydrogens is 639 g/mol. The normalized spacial score (nSPS) is 16.8. The molecule has 12 nitrogen and oxygen atoms in total. The van der Waals surface area contributed by atoms with Crippen LogP contribution < -0.4 is 20.3 Å². The van der Waals surface area contributed by atoms with Crippen molar-refractivity contribution < 1.29 is 14.4 Å². The predicted octanol–water partition coefficient (Wildman–Crippen LogP) is 5.59. The van der Waals surface area contributed by atoms with Crippen LogP contribution in [-0.2, 0) is 9.63 Å². The summed E-state index contributed by atoms with van der Waals surface area (Å²) in [6, 6.07) is 16.8. The Morgan fingerprint density at radius 1 is 1.10 bits per heavy atom. The number of oxime groups is 1. The first-order chi connectivity index (χ1) is 23.5. The van der Waals surface area contributed by atoms with Gasteiger partial charge >= 0.3 is 0 Å². The zero-order valence-corrected chi connectivity index (χ0v) is 29.7. The van der Waals surface area contributed by atoms with Crippen LogP contribution in [0.5, 0.6) is 0 Å². The number of amides is 2. The number of thiazole rings is 1. The first-order valence-corrected chi connectivity index (χ1v) is 17.3. The molecule has 256 valence electrons. The maximum absolute atomic E-state index is 12.9. The van der Waals surface area contributed by atoms with Gasteiger partial charge in [0.25, 0.3) is 11.8 Å². The number of nitriles is 1. The summed E-state index contributed by atoms with van der Waals surface area (Å²) in [7, 11) is 3.98. The van der Waals surface area contributed by atoms with Crippen LogP contribution in [0.4, 0.5) is 11.8 Å². The van der Waals surface area contributed by atoms with E-state index in [0.717, 1.165) is 53.0 Å². The van der Waals surface area contributed by atoms with Crippen molar-refractivity contribution in [2.24, 2.45) is 16.1 Å². The minimum Gasteiger partial charge on any atom is -0.385 e. The van der Waals surface area contributed by atoms with Gasteiger partial charge in [-0.25, -0.2) is 4.98 Å². The van der Waals surface area contributed by atoms with E-state index in [2.05, 4.69) is 26.9 Å². The molecule has 1 fully saturated rings. The van der Waals surface area contributed by atoms with Gasteiger partial charge < -0.3 is 24.9 Å². The molecule has 0 radical (unpaired) electrons. The number of fused-ring (bicyclic) bond motifs is 1. The van der Waals surface area contributed by atoms with Gasteiger partial charge in [-0.15, -0.1) is 0 Å². The number of nitrogens with one attached hydrogen (secondary N) is 2. The molecule has 13 heteroatoms. The molecule has 0 atom stereocenters.